The highest BCUT2D eigenvalue weighted by molar-refractivity contribution is 6.33. The van der Waals surface area contributed by atoms with Gasteiger partial charge < -0.3 is 4.90 Å². The van der Waals surface area contributed by atoms with Gasteiger partial charge in [-0.3, -0.25) is 17.9 Å². The number of hydrogen-bond donors (Lipinski definition) is 0. The van der Waals surface area contributed by atoms with Gasteiger partial charge in [-0.05, 0) is 19.3 Å². The maximum Gasteiger partial charge on any atom is 0.762 e. The van der Waals surface area contributed by atoms with Crippen LogP contribution in [0.4, 0.5) is 12.9 Å². The van der Waals surface area contributed by atoms with E-state index in [4.69, 9.17) is 0 Å². The van der Waals surface area contributed by atoms with E-state index in [0.717, 1.165) is 6.54 Å². The van der Waals surface area contributed by atoms with Gasteiger partial charge in [0.05, 0.1) is 5.84 Å². The molecule has 15 heavy (non-hydrogen) atoms. The normalized spacial score (nSPS) is 20.5. The molecule has 2 aliphatic heterocycles. The molecular weight excluding hydrogens is 204 g/mol. The molecule has 1 saturated heterocycles. The molecule has 86 valence electrons. The third kappa shape index (κ3) is 5.09. The number of halogens is 3. The Morgan fingerprint density at radius 3 is 2.40 bits per heavy atom. The molecule has 1 fully saturated rings. The lowest BCUT2D eigenvalue weighted by Crippen LogP contribution is -2.34. The summed E-state index contributed by atoms with van der Waals surface area (Å²) in [6.07, 6.45) is 6.63. The van der Waals surface area contributed by atoms with Crippen LogP contribution in [0.2, 0.25) is 0 Å². The van der Waals surface area contributed by atoms with E-state index in [1.54, 1.807) is 0 Å². The fourth-order valence-electron chi connectivity index (χ4n) is 1.94. The smallest absolute Gasteiger partial charge is 0.360 e. The molecule has 0 aromatic heterocycles. The van der Waals surface area contributed by atoms with Gasteiger partial charge in [-0.1, -0.05) is 6.42 Å². The first-order chi connectivity index (χ1) is 7.20. The lowest BCUT2D eigenvalue weighted by molar-refractivity contribution is 0.391. The molecule has 0 spiro atoms. The Kier molecular flexibility index (Phi) is 5.57. The third-order valence-corrected chi connectivity index (χ3v) is 2.57. The zero-order valence-electron chi connectivity index (χ0n) is 8.76. The number of amidine groups is 1. The molecule has 0 amide bonds. The van der Waals surface area contributed by atoms with Crippen LogP contribution < -0.4 is 0 Å². The zero-order chi connectivity index (χ0) is 11.1. The van der Waals surface area contributed by atoms with Crippen molar-refractivity contribution >= 4 is 13.4 Å². The quantitative estimate of drug-likeness (QED) is 0.572. The van der Waals surface area contributed by atoms with Crippen molar-refractivity contribution in [2.24, 2.45) is 4.99 Å². The average molecular weight is 220 g/mol. The first-order valence-corrected chi connectivity index (χ1v) is 5.40. The van der Waals surface area contributed by atoms with Crippen LogP contribution >= 0.6 is 0 Å². The van der Waals surface area contributed by atoms with Crippen molar-refractivity contribution in [2.45, 2.75) is 32.1 Å². The molecule has 0 aromatic rings. The summed E-state index contributed by atoms with van der Waals surface area (Å²) in [5.41, 5.74) is 0. The van der Waals surface area contributed by atoms with Crippen LogP contribution in [0.25, 0.3) is 0 Å². The van der Waals surface area contributed by atoms with Crippen molar-refractivity contribution in [3.63, 3.8) is 0 Å². The van der Waals surface area contributed by atoms with Gasteiger partial charge in [0, 0.05) is 26.1 Å². The van der Waals surface area contributed by atoms with Gasteiger partial charge in [0.2, 0.25) is 0 Å². The molecule has 0 bridgehead atoms. The van der Waals surface area contributed by atoms with E-state index < -0.39 is 7.54 Å². The zero-order valence-corrected chi connectivity index (χ0v) is 8.76. The maximum absolute atomic E-state index is 9.67. The Balaban J connectivity index is 0.000000245. The summed E-state index contributed by atoms with van der Waals surface area (Å²) >= 11 is 0. The fourth-order valence-corrected chi connectivity index (χ4v) is 1.94. The summed E-state index contributed by atoms with van der Waals surface area (Å²) in [6, 6.07) is 0. The maximum atomic E-state index is 9.67. The fraction of sp³-hybridized carbons (Fsp3) is 0.889. The van der Waals surface area contributed by atoms with E-state index in [0.29, 0.717) is 0 Å². The molecular formula is C9H16BF3N2. The van der Waals surface area contributed by atoms with Gasteiger partial charge in [0.15, 0.2) is 0 Å². The van der Waals surface area contributed by atoms with Gasteiger partial charge in [-0.2, -0.15) is 0 Å². The van der Waals surface area contributed by atoms with Crippen molar-refractivity contribution in [3.8, 4) is 0 Å². The topological polar surface area (TPSA) is 15.6 Å². The van der Waals surface area contributed by atoms with E-state index in [1.807, 2.05) is 0 Å². The second-order valence-electron chi connectivity index (χ2n) is 3.70. The molecule has 2 aliphatic rings. The summed E-state index contributed by atoms with van der Waals surface area (Å²) in [4.78, 5) is 7.04. The van der Waals surface area contributed by atoms with Crippen LogP contribution in [-0.4, -0.2) is 37.9 Å². The molecule has 0 radical (unpaired) electrons. The number of hydrogen-bond acceptors (Lipinski definition) is 2. The molecule has 0 N–H and O–H groups in total. The van der Waals surface area contributed by atoms with Gasteiger partial charge in [-0.15, -0.1) is 0 Å². The van der Waals surface area contributed by atoms with Crippen molar-refractivity contribution in [1.82, 2.24) is 4.90 Å². The first kappa shape index (κ1) is 12.4. The summed E-state index contributed by atoms with van der Waals surface area (Å²) in [5, 5.41) is 0. The van der Waals surface area contributed by atoms with Crippen LogP contribution in [-0.2, 0) is 0 Å². The van der Waals surface area contributed by atoms with Crippen molar-refractivity contribution < 1.29 is 12.9 Å². The van der Waals surface area contributed by atoms with Crippen LogP contribution in [0.5, 0.6) is 0 Å². The Bertz CT molecular complexity index is 209. The van der Waals surface area contributed by atoms with Crippen LogP contribution in [0.15, 0.2) is 4.99 Å². The second-order valence-corrected chi connectivity index (χ2v) is 3.70. The predicted octanol–water partition coefficient (Wildman–Crippen LogP) is 2.54. The summed E-state index contributed by atoms with van der Waals surface area (Å²) in [7, 11) is -3.67. The highest BCUT2D eigenvalue weighted by atomic mass is 19.4. The SMILES string of the molecule is C1CCC2=NCCCN2CC1.FB(F)F. The molecule has 0 atom stereocenters. The van der Waals surface area contributed by atoms with Gasteiger partial charge in [-0.25, -0.2) is 0 Å². The van der Waals surface area contributed by atoms with Gasteiger partial charge in [0.1, 0.15) is 0 Å². The minimum Gasteiger partial charge on any atom is -0.360 e. The highest BCUT2D eigenvalue weighted by Crippen LogP contribution is 2.15. The molecule has 0 saturated carbocycles. The second kappa shape index (κ2) is 6.74. The van der Waals surface area contributed by atoms with E-state index in [2.05, 4.69) is 9.89 Å². The average Bonchev–Trinajstić information content (AvgIpc) is 2.41. The molecule has 6 heteroatoms. The van der Waals surface area contributed by atoms with E-state index in [-0.39, 0.29) is 0 Å². The van der Waals surface area contributed by atoms with Gasteiger partial charge >= 0.3 is 7.54 Å². The summed E-state index contributed by atoms with van der Waals surface area (Å²) in [6.45, 7) is 3.60. The van der Waals surface area contributed by atoms with Gasteiger partial charge in [0.25, 0.3) is 0 Å². The Labute approximate surface area is 88.8 Å². The van der Waals surface area contributed by atoms with Crippen molar-refractivity contribution in [3.05, 3.63) is 0 Å². The first-order valence-electron chi connectivity index (χ1n) is 5.40. The number of nitrogens with zero attached hydrogens (tertiary/aromatic N) is 2. The third-order valence-electron chi connectivity index (χ3n) is 2.57. The number of rotatable bonds is 0. The predicted molar refractivity (Wildman–Crippen MR) is 56.0 cm³/mol. The molecule has 0 aliphatic carbocycles. The van der Waals surface area contributed by atoms with Crippen LogP contribution in [0.3, 0.4) is 0 Å². The lowest BCUT2D eigenvalue weighted by Gasteiger charge is -2.27. The summed E-state index contributed by atoms with van der Waals surface area (Å²) < 4.78 is 29.0. The Morgan fingerprint density at radius 1 is 1.00 bits per heavy atom. The molecule has 2 nitrogen and oxygen atoms in total. The molecule has 0 unspecified atom stereocenters. The molecule has 2 rings (SSSR count). The molecule has 2 heterocycles. The highest BCUT2D eigenvalue weighted by Gasteiger charge is 2.16. The monoisotopic (exact) mass is 220 g/mol. The summed E-state index contributed by atoms with van der Waals surface area (Å²) in [5.74, 6) is 1.40. The van der Waals surface area contributed by atoms with Crippen LogP contribution in [0.1, 0.15) is 32.1 Å². The van der Waals surface area contributed by atoms with E-state index in [9.17, 15) is 12.9 Å². The minimum atomic E-state index is -3.67. The molecule has 0 aromatic carbocycles. The van der Waals surface area contributed by atoms with Crippen molar-refractivity contribution in [2.75, 3.05) is 19.6 Å². The lowest BCUT2D eigenvalue weighted by atomic mass is 10.2. The van der Waals surface area contributed by atoms with E-state index in [1.165, 1.54) is 51.0 Å². The standard InChI is InChI=1S/C9H16N2.BF3/c1-2-5-9-10-6-4-8-11(9)7-3-1;2-1(3)4/h1-8H2;. The van der Waals surface area contributed by atoms with E-state index >= 15 is 0 Å². The Hall–Kier alpha value is -0.675. The minimum absolute atomic E-state index is 1.08. The Morgan fingerprint density at radius 2 is 1.67 bits per heavy atom. The van der Waals surface area contributed by atoms with Crippen LogP contribution in [0, 0.1) is 0 Å². The van der Waals surface area contributed by atoms with Crippen molar-refractivity contribution in [1.29, 1.82) is 0 Å². The number of fused-ring (bicyclic) bond motifs is 1. The largest absolute Gasteiger partial charge is 0.762 e. The number of aliphatic imine (C=N–C) groups is 1.